The van der Waals surface area contributed by atoms with Gasteiger partial charge in [-0.25, -0.2) is 4.39 Å². The Morgan fingerprint density at radius 2 is 2.06 bits per heavy atom. The lowest BCUT2D eigenvalue weighted by Crippen LogP contribution is -2.33. The van der Waals surface area contributed by atoms with Crippen LogP contribution in [-0.4, -0.2) is 26.0 Å². The van der Waals surface area contributed by atoms with E-state index in [1.807, 2.05) is 0 Å². The third-order valence-corrected chi connectivity index (χ3v) is 2.01. The smallest absolute Gasteiger partial charge is 0.233 e. The molecule has 0 saturated carbocycles. The minimum atomic E-state index is -0.222. The quantitative estimate of drug-likeness (QED) is 0.818. The summed E-state index contributed by atoms with van der Waals surface area (Å²) >= 11 is 0. The van der Waals surface area contributed by atoms with Crippen molar-refractivity contribution in [1.82, 2.24) is 10.6 Å². The maximum absolute atomic E-state index is 13.1. The van der Waals surface area contributed by atoms with E-state index in [1.165, 1.54) is 6.07 Å². The molecule has 90 valence electrons. The van der Waals surface area contributed by atoms with E-state index < -0.39 is 0 Å². The van der Waals surface area contributed by atoms with E-state index in [0.29, 0.717) is 18.5 Å². The van der Waals surface area contributed by atoms with Crippen molar-refractivity contribution in [2.45, 2.75) is 6.42 Å². The summed E-state index contributed by atoms with van der Waals surface area (Å²) in [7, 11) is 1.70. The van der Waals surface area contributed by atoms with Crippen LogP contribution in [0.4, 0.5) is 4.39 Å². The van der Waals surface area contributed by atoms with Gasteiger partial charge in [-0.1, -0.05) is 18.2 Å². The fourth-order valence-corrected chi connectivity index (χ4v) is 1.26. The fraction of sp³-hybridized carbons (Fsp3) is 0.364. The molecule has 3 nitrogen and oxygen atoms in total. The SMILES string of the molecule is CNCC(=O)NCCc1ccccc1F.Cl. The zero-order chi connectivity index (χ0) is 11.1. The number of carbonyl (C=O) groups excluding carboxylic acids is 1. The fourth-order valence-electron chi connectivity index (χ4n) is 1.26. The van der Waals surface area contributed by atoms with Crippen molar-refractivity contribution < 1.29 is 9.18 Å². The monoisotopic (exact) mass is 246 g/mol. The van der Waals surface area contributed by atoms with Gasteiger partial charge >= 0.3 is 0 Å². The van der Waals surface area contributed by atoms with Gasteiger partial charge in [0.05, 0.1) is 6.54 Å². The molecule has 2 N–H and O–H groups in total. The van der Waals surface area contributed by atoms with Gasteiger partial charge in [0.25, 0.3) is 0 Å². The first kappa shape index (κ1) is 14.9. The van der Waals surface area contributed by atoms with Crippen molar-refractivity contribution in [3.05, 3.63) is 35.6 Å². The maximum Gasteiger partial charge on any atom is 0.233 e. The summed E-state index contributed by atoms with van der Waals surface area (Å²) in [5, 5.41) is 5.43. The van der Waals surface area contributed by atoms with Crippen molar-refractivity contribution in [3.8, 4) is 0 Å². The highest BCUT2D eigenvalue weighted by molar-refractivity contribution is 5.85. The van der Waals surface area contributed by atoms with Crippen molar-refractivity contribution >= 4 is 18.3 Å². The molecule has 1 aromatic rings. The molecular formula is C11H16ClFN2O. The first-order valence-corrected chi connectivity index (χ1v) is 4.88. The van der Waals surface area contributed by atoms with Gasteiger partial charge in [0.2, 0.25) is 5.91 Å². The van der Waals surface area contributed by atoms with Crippen LogP contribution in [0.2, 0.25) is 0 Å². The number of likely N-dealkylation sites (N-methyl/N-ethyl adjacent to an activating group) is 1. The molecule has 5 heteroatoms. The van der Waals surface area contributed by atoms with Crippen LogP contribution in [0.25, 0.3) is 0 Å². The van der Waals surface area contributed by atoms with Crippen LogP contribution >= 0.6 is 12.4 Å². The number of hydrogen-bond acceptors (Lipinski definition) is 2. The summed E-state index contributed by atoms with van der Waals surface area (Å²) in [6.07, 6.45) is 0.516. The molecule has 0 aromatic heterocycles. The van der Waals surface area contributed by atoms with Gasteiger partial charge in [-0.2, -0.15) is 0 Å². The number of nitrogens with one attached hydrogen (secondary N) is 2. The molecule has 0 aliphatic rings. The van der Waals surface area contributed by atoms with E-state index in [9.17, 15) is 9.18 Å². The van der Waals surface area contributed by atoms with E-state index >= 15 is 0 Å². The topological polar surface area (TPSA) is 41.1 Å². The Balaban J connectivity index is 0.00000225. The summed E-state index contributed by atoms with van der Waals surface area (Å²) in [5.74, 6) is -0.297. The van der Waals surface area contributed by atoms with E-state index in [1.54, 1.807) is 25.2 Å². The number of halogens is 2. The van der Waals surface area contributed by atoms with E-state index in [2.05, 4.69) is 10.6 Å². The number of rotatable bonds is 5. The normalized spacial score (nSPS) is 9.38. The molecule has 0 spiro atoms. The van der Waals surface area contributed by atoms with Gasteiger partial charge in [-0.15, -0.1) is 12.4 Å². The first-order valence-electron chi connectivity index (χ1n) is 4.88. The molecule has 0 aliphatic heterocycles. The Bertz CT molecular complexity index is 334. The Morgan fingerprint density at radius 3 is 2.69 bits per heavy atom. The molecular weight excluding hydrogens is 231 g/mol. The second-order valence-corrected chi connectivity index (χ2v) is 3.22. The average Bonchev–Trinajstić information content (AvgIpc) is 2.21. The lowest BCUT2D eigenvalue weighted by molar-refractivity contribution is -0.120. The zero-order valence-electron chi connectivity index (χ0n) is 9.13. The third-order valence-electron chi connectivity index (χ3n) is 2.01. The van der Waals surface area contributed by atoms with Crippen molar-refractivity contribution in [2.24, 2.45) is 0 Å². The van der Waals surface area contributed by atoms with Crippen LogP contribution in [0.5, 0.6) is 0 Å². The highest BCUT2D eigenvalue weighted by atomic mass is 35.5. The molecule has 0 saturated heterocycles. The van der Waals surface area contributed by atoms with E-state index in [-0.39, 0.29) is 30.7 Å². The standard InChI is InChI=1S/C11H15FN2O.ClH/c1-13-8-11(15)14-7-6-9-4-2-3-5-10(9)12;/h2-5,13H,6-8H2,1H3,(H,14,15);1H. The van der Waals surface area contributed by atoms with Crippen LogP contribution in [-0.2, 0) is 11.2 Å². The van der Waals surface area contributed by atoms with Gasteiger partial charge in [0.1, 0.15) is 5.82 Å². The summed E-state index contributed by atoms with van der Waals surface area (Å²) in [6.45, 7) is 0.749. The summed E-state index contributed by atoms with van der Waals surface area (Å²) in [6, 6.07) is 6.58. The predicted octanol–water partition coefficient (Wildman–Crippen LogP) is 1.13. The van der Waals surface area contributed by atoms with Gasteiger partial charge in [0, 0.05) is 6.54 Å². The molecule has 16 heavy (non-hydrogen) atoms. The van der Waals surface area contributed by atoms with Crippen molar-refractivity contribution in [1.29, 1.82) is 0 Å². The molecule has 1 amide bonds. The number of amides is 1. The van der Waals surface area contributed by atoms with Gasteiger partial charge in [0.15, 0.2) is 0 Å². The lowest BCUT2D eigenvalue weighted by Gasteiger charge is -2.05. The van der Waals surface area contributed by atoms with Gasteiger partial charge in [-0.3, -0.25) is 4.79 Å². The average molecular weight is 247 g/mol. The lowest BCUT2D eigenvalue weighted by atomic mass is 10.1. The summed E-state index contributed by atoms with van der Waals surface area (Å²) in [4.78, 5) is 11.1. The molecule has 0 atom stereocenters. The minimum Gasteiger partial charge on any atom is -0.355 e. The van der Waals surface area contributed by atoms with Crippen LogP contribution in [0.15, 0.2) is 24.3 Å². The maximum atomic E-state index is 13.1. The molecule has 1 rings (SSSR count). The second kappa shape index (κ2) is 8.07. The minimum absolute atomic E-state index is 0. The van der Waals surface area contributed by atoms with E-state index in [0.717, 1.165) is 0 Å². The highest BCUT2D eigenvalue weighted by Crippen LogP contribution is 2.05. The number of benzene rings is 1. The van der Waals surface area contributed by atoms with Gasteiger partial charge < -0.3 is 10.6 Å². The van der Waals surface area contributed by atoms with Crippen LogP contribution in [0, 0.1) is 5.82 Å². The van der Waals surface area contributed by atoms with Crippen LogP contribution in [0.3, 0.4) is 0 Å². The van der Waals surface area contributed by atoms with Gasteiger partial charge in [-0.05, 0) is 25.1 Å². The van der Waals surface area contributed by atoms with E-state index in [4.69, 9.17) is 0 Å². The molecule has 0 fully saturated rings. The number of hydrogen-bond donors (Lipinski definition) is 2. The Hall–Kier alpha value is -1.13. The first-order chi connectivity index (χ1) is 7.24. The van der Waals surface area contributed by atoms with Crippen LogP contribution in [0.1, 0.15) is 5.56 Å². The highest BCUT2D eigenvalue weighted by Gasteiger charge is 2.01. The third kappa shape index (κ3) is 5.09. The molecule has 0 aliphatic carbocycles. The Kier molecular flexibility index (Phi) is 7.50. The molecule has 0 radical (unpaired) electrons. The van der Waals surface area contributed by atoms with Crippen molar-refractivity contribution in [2.75, 3.05) is 20.1 Å². The molecule has 0 unspecified atom stereocenters. The molecule has 0 heterocycles. The Morgan fingerprint density at radius 1 is 1.38 bits per heavy atom. The zero-order valence-corrected chi connectivity index (χ0v) is 9.94. The largest absolute Gasteiger partial charge is 0.355 e. The predicted molar refractivity (Wildman–Crippen MR) is 64.3 cm³/mol. The second-order valence-electron chi connectivity index (χ2n) is 3.22. The molecule has 0 bridgehead atoms. The van der Waals surface area contributed by atoms with Crippen molar-refractivity contribution in [3.63, 3.8) is 0 Å². The summed E-state index contributed by atoms with van der Waals surface area (Å²) in [5.41, 5.74) is 0.627. The van der Waals surface area contributed by atoms with Crippen LogP contribution < -0.4 is 10.6 Å². The number of carbonyl (C=O) groups is 1. The Labute approximate surface area is 101 Å². The molecule has 1 aromatic carbocycles. The summed E-state index contributed by atoms with van der Waals surface area (Å²) < 4.78 is 13.1.